The average Bonchev–Trinajstić information content (AvgIpc) is 2.46. The molecule has 0 aliphatic rings. The maximum Gasteiger partial charge on any atom is 0.241 e. The number of sulfonamides is 1. The van der Waals surface area contributed by atoms with E-state index in [-0.39, 0.29) is 10.9 Å². The molecule has 2 aromatic rings. The Morgan fingerprint density at radius 1 is 1.05 bits per heavy atom. The SMILES string of the molecule is CC(CCc1ccccc1)NS(=O)(=O)c1ccccc1Br. The second-order valence-corrected chi connectivity index (χ2v) is 7.51. The lowest BCUT2D eigenvalue weighted by Gasteiger charge is -2.15. The Hall–Kier alpha value is -1.17. The third-order valence-electron chi connectivity index (χ3n) is 3.19. The van der Waals surface area contributed by atoms with Gasteiger partial charge < -0.3 is 0 Å². The zero-order chi connectivity index (χ0) is 15.3. The number of aryl methyl sites for hydroxylation is 1. The van der Waals surface area contributed by atoms with Crippen molar-refractivity contribution in [2.45, 2.75) is 30.7 Å². The van der Waals surface area contributed by atoms with Crippen LogP contribution >= 0.6 is 15.9 Å². The van der Waals surface area contributed by atoms with Gasteiger partial charge in [0.25, 0.3) is 0 Å². The summed E-state index contributed by atoms with van der Waals surface area (Å²) >= 11 is 3.28. The smallest absolute Gasteiger partial charge is 0.208 e. The summed E-state index contributed by atoms with van der Waals surface area (Å²) < 4.78 is 28.0. The average molecular weight is 368 g/mol. The van der Waals surface area contributed by atoms with E-state index in [9.17, 15) is 8.42 Å². The third kappa shape index (κ3) is 4.66. The van der Waals surface area contributed by atoms with Crippen LogP contribution in [0.4, 0.5) is 0 Å². The van der Waals surface area contributed by atoms with Gasteiger partial charge in [0, 0.05) is 10.5 Å². The minimum absolute atomic E-state index is 0.123. The zero-order valence-electron chi connectivity index (χ0n) is 11.8. The van der Waals surface area contributed by atoms with E-state index < -0.39 is 10.0 Å². The summed E-state index contributed by atoms with van der Waals surface area (Å²) in [6, 6.07) is 16.8. The van der Waals surface area contributed by atoms with Crippen molar-refractivity contribution in [2.75, 3.05) is 0 Å². The largest absolute Gasteiger partial charge is 0.241 e. The highest BCUT2D eigenvalue weighted by Gasteiger charge is 2.19. The van der Waals surface area contributed by atoms with Crippen LogP contribution in [0.5, 0.6) is 0 Å². The van der Waals surface area contributed by atoms with Gasteiger partial charge in [-0.05, 0) is 53.4 Å². The molecule has 0 saturated heterocycles. The maximum atomic E-state index is 12.3. The molecule has 5 heteroatoms. The number of benzene rings is 2. The lowest BCUT2D eigenvalue weighted by molar-refractivity contribution is 0.546. The van der Waals surface area contributed by atoms with E-state index in [0.717, 1.165) is 12.8 Å². The van der Waals surface area contributed by atoms with Gasteiger partial charge in [0.2, 0.25) is 10.0 Å². The van der Waals surface area contributed by atoms with Gasteiger partial charge in [-0.3, -0.25) is 0 Å². The van der Waals surface area contributed by atoms with Gasteiger partial charge in [-0.15, -0.1) is 0 Å². The number of rotatable bonds is 6. The normalized spacial score (nSPS) is 13.0. The van der Waals surface area contributed by atoms with E-state index in [2.05, 4.69) is 32.8 Å². The Morgan fingerprint density at radius 2 is 1.67 bits per heavy atom. The van der Waals surface area contributed by atoms with Crippen LogP contribution in [0, 0.1) is 0 Å². The van der Waals surface area contributed by atoms with Gasteiger partial charge >= 0.3 is 0 Å². The second kappa shape index (κ2) is 7.20. The van der Waals surface area contributed by atoms with Gasteiger partial charge in [-0.2, -0.15) is 0 Å². The lowest BCUT2D eigenvalue weighted by Crippen LogP contribution is -2.33. The van der Waals surface area contributed by atoms with Crippen LogP contribution in [0.25, 0.3) is 0 Å². The highest BCUT2D eigenvalue weighted by atomic mass is 79.9. The molecule has 0 aliphatic carbocycles. The van der Waals surface area contributed by atoms with Crippen molar-refractivity contribution in [3.63, 3.8) is 0 Å². The topological polar surface area (TPSA) is 46.2 Å². The van der Waals surface area contributed by atoms with Crippen molar-refractivity contribution in [2.24, 2.45) is 0 Å². The molecule has 0 spiro atoms. The van der Waals surface area contributed by atoms with Gasteiger partial charge in [0.1, 0.15) is 0 Å². The summed E-state index contributed by atoms with van der Waals surface area (Å²) in [4.78, 5) is 0.275. The first-order chi connectivity index (χ1) is 9.99. The quantitative estimate of drug-likeness (QED) is 0.844. The van der Waals surface area contributed by atoms with Crippen LogP contribution in [0.2, 0.25) is 0 Å². The van der Waals surface area contributed by atoms with E-state index in [0.29, 0.717) is 4.47 Å². The standard InChI is InChI=1S/C16H18BrNO2S/c1-13(11-12-14-7-3-2-4-8-14)18-21(19,20)16-10-6-5-9-15(16)17/h2-10,13,18H,11-12H2,1H3. The predicted octanol–water partition coefficient (Wildman–Crippen LogP) is 3.75. The van der Waals surface area contributed by atoms with E-state index in [4.69, 9.17) is 0 Å². The van der Waals surface area contributed by atoms with E-state index in [1.54, 1.807) is 24.3 Å². The Morgan fingerprint density at radius 3 is 2.33 bits per heavy atom. The molecule has 1 atom stereocenters. The summed E-state index contributed by atoms with van der Waals surface area (Å²) in [7, 11) is -3.49. The first-order valence-corrected chi connectivity index (χ1v) is 9.07. The maximum absolute atomic E-state index is 12.3. The molecular formula is C16H18BrNO2S. The number of halogens is 1. The Labute approximate surface area is 134 Å². The van der Waals surface area contributed by atoms with Crippen molar-refractivity contribution < 1.29 is 8.42 Å². The van der Waals surface area contributed by atoms with Gasteiger partial charge in [0.15, 0.2) is 0 Å². The fourth-order valence-electron chi connectivity index (χ4n) is 2.08. The minimum atomic E-state index is -3.49. The van der Waals surface area contributed by atoms with Crippen molar-refractivity contribution in [1.82, 2.24) is 4.72 Å². The van der Waals surface area contributed by atoms with Crippen LogP contribution in [0.1, 0.15) is 18.9 Å². The molecule has 1 N–H and O–H groups in total. The summed E-state index contributed by atoms with van der Waals surface area (Å²) in [5.74, 6) is 0. The van der Waals surface area contributed by atoms with E-state index in [1.165, 1.54) is 5.56 Å². The second-order valence-electron chi connectivity index (χ2n) is 4.98. The monoisotopic (exact) mass is 367 g/mol. The first kappa shape index (κ1) is 16.2. The highest BCUT2D eigenvalue weighted by Crippen LogP contribution is 2.21. The Balaban J connectivity index is 1.99. The molecular weight excluding hydrogens is 350 g/mol. The molecule has 0 fully saturated rings. The molecule has 1 unspecified atom stereocenters. The molecule has 2 aromatic carbocycles. The van der Waals surface area contributed by atoms with Gasteiger partial charge in [0.05, 0.1) is 4.90 Å². The van der Waals surface area contributed by atoms with Gasteiger partial charge in [-0.1, -0.05) is 42.5 Å². The fourth-order valence-corrected chi connectivity index (χ4v) is 4.36. The summed E-state index contributed by atoms with van der Waals surface area (Å²) in [6.45, 7) is 1.89. The van der Waals surface area contributed by atoms with Crippen molar-refractivity contribution in [1.29, 1.82) is 0 Å². The summed E-state index contributed by atoms with van der Waals surface area (Å²) in [6.07, 6.45) is 1.61. The molecule has 0 aliphatic heterocycles. The molecule has 0 amide bonds. The number of nitrogens with one attached hydrogen (secondary N) is 1. The predicted molar refractivity (Wildman–Crippen MR) is 88.7 cm³/mol. The molecule has 0 bridgehead atoms. The fraction of sp³-hybridized carbons (Fsp3) is 0.250. The van der Waals surface area contributed by atoms with Gasteiger partial charge in [-0.25, -0.2) is 13.1 Å². The Kier molecular flexibility index (Phi) is 5.56. The van der Waals surface area contributed by atoms with Crippen LogP contribution in [-0.4, -0.2) is 14.5 Å². The molecule has 0 radical (unpaired) electrons. The summed E-state index contributed by atoms with van der Waals surface area (Å²) in [5.41, 5.74) is 1.21. The van der Waals surface area contributed by atoms with Crippen LogP contribution in [-0.2, 0) is 16.4 Å². The molecule has 21 heavy (non-hydrogen) atoms. The molecule has 0 heterocycles. The molecule has 112 valence electrons. The first-order valence-electron chi connectivity index (χ1n) is 6.80. The molecule has 2 rings (SSSR count). The van der Waals surface area contributed by atoms with Crippen molar-refractivity contribution in [3.05, 3.63) is 64.6 Å². The summed E-state index contributed by atoms with van der Waals surface area (Å²) in [5, 5.41) is 0. The van der Waals surface area contributed by atoms with Crippen LogP contribution in [0.3, 0.4) is 0 Å². The molecule has 3 nitrogen and oxygen atoms in total. The van der Waals surface area contributed by atoms with Crippen LogP contribution < -0.4 is 4.72 Å². The lowest BCUT2D eigenvalue weighted by atomic mass is 10.1. The van der Waals surface area contributed by atoms with E-state index in [1.807, 2.05) is 25.1 Å². The number of hydrogen-bond donors (Lipinski definition) is 1. The zero-order valence-corrected chi connectivity index (χ0v) is 14.2. The number of hydrogen-bond acceptors (Lipinski definition) is 2. The highest BCUT2D eigenvalue weighted by molar-refractivity contribution is 9.10. The van der Waals surface area contributed by atoms with Crippen LogP contribution in [0.15, 0.2) is 64.0 Å². The van der Waals surface area contributed by atoms with E-state index >= 15 is 0 Å². The van der Waals surface area contributed by atoms with Crippen molar-refractivity contribution in [3.8, 4) is 0 Å². The third-order valence-corrected chi connectivity index (χ3v) is 5.79. The Bertz CT molecular complexity index is 686. The molecule has 0 saturated carbocycles. The minimum Gasteiger partial charge on any atom is -0.208 e. The molecule has 0 aromatic heterocycles. The van der Waals surface area contributed by atoms with Crippen molar-refractivity contribution >= 4 is 26.0 Å².